The predicted octanol–water partition coefficient (Wildman–Crippen LogP) is 3.25. The molecular weight excluding hydrogens is 367 g/mol. The second-order valence-electron chi connectivity index (χ2n) is 6.08. The second-order valence-corrected chi connectivity index (χ2v) is 8.39. The van der Waals surface area contributed by atoms with E-state index in [2.05, 4.69) is 11.4 Å². The van der Waals surface area contributed by atoms with E-state index in [1.165, 1.54) is 30.5 Å². The first-order valence-electron chi connectivity index (χ1n) is 8.15. The van der Waals surface area contributed by atoms with Crippen molar-refractivity contribution in [3.05, 3.63) is 40.7 Å². The number of nitrogens with zero attached hydrogens (tertiary/aromatic N) is 1. The quantitative estimate of drug-likeness (QED) is 0.729. The predicted molar refractivity (Wildman–Crippen MR) is 97.8 cm³/mol. The highest BCUT2D eigenvalue weighted by Gasteiger charge is 2.21. The number of allylic oxidation sites excluding steroid dienone is 1. The van der Waals surface area contributed by atoms with Gasteiger partial charge in [0.2, 0.25) is 15.9 Å². The molecule has 1 aromatic rings. The van der Waals surface area contributed by atoms with Crippen LogP contribution in [-0.2, 0) is 14.8 Å². The summed E-state index contributed by atoms with van der Waals surface area (Å²) in [5, 5.41) is 2.54. The van der Waals surface area contributed by atoms with Crippen molar-refractivity contribution in [1.29, 1.82) is 0 Å². The number of carbonyl (C=O) groups is 1. The molecule has 0 fully saturated rings. The number of amides is 1. The molecule has 5 nitrogen and oxygen atoms in total. The average Bonchev–Trinajstić information content (AvgIpc) is 2.55. The third-order valence-electron chi connectivity index (χ3n) is 4.03. The van der Waals surface area contributed by atoms with Crippen LogP contribution >= 0.6 is 11.6 Å². The van der Waals surface area contributed by atoms with Crippen LogP contribution in [0, 0.1) is 5.82 Å². The zero-order valence-corrected chi connectivity index (χ0v) is 15.7. The molecule has 0 aromatic heterocycles. The van der Waals surface area contributed by atoms with Crippen molar-refractivity contribution in [3.63, 3.8) is 0 Å². The van der Waals surface area contributed by atoms with Gasteiger partial charge in [0.25, 0.3) is 0 Å². The topological polar surface area (TPSA) is 66.5 Å². The number of benzene rings is 1. The van der Waals surface area contributed by atoms with Crippen LogP contribution in [0.1, 0.15) is 32.1 Å². The maximum atomic E-state index is 13.3. The maximum absolute atomic E-state index is 13.3. The van der Waals surface area contributed by atoms with E-state index in [0.29, 0.717) is 6.54 Å². The molecule has 0 spiro atoms. The van der Waals surface area contributed by atoms with Gasteiger partial charge in [-0.25, -0.2) is 12.8 Å². The van der Waals surface area contributed by atoms with Gasteiger partial charge in [0, 0.05) is 6.54 Å². The lowest BCUT2D eigenvalue weighted by atomic mass is 9.97. The molecule has 1 aliphatic carbocycles. The first-order valence-corrected chi connectivity index (χ1v) is 10.4. The third kappa shape index (κ3) is 6.01. The van der Waals surface area contributed by atoms with Gasteiger partial charge in [-0.2, -0.15) is 0 Å². The minimum absolute atomic E-state index is 0.152. The molecule has 0 aliphatic heterocycles. The smallest absolute Gasteiger partial charge is 0.240 e. The van der Waals surface area contributed by atoms with Crippen molar-refractivity contribution >= 4 is 33.2 Å². The first-order chi connectivity index (χ1) is 11.8. The van der Waals surface area contributed by atoms with Gasteiger partial charge in [-0.15, -0.1) is 0 Å². The highest BCUT2D eigenvalue weighted by molar-refractivity contribution is 7.92. The molecule has 0 radical (unpaired) electrons. The number of nitrogens with one attached hydrogen (secondary N) is 1. The molecule has 8 heteroatoms. The molecule has 1 amide bonds. The van der Waals surface area contributed by atoms with Crippen molar-refractivity contribution in [1.82, 2.24) is 5.32 Å². The van der Waals surface area contributed by atoms with Crippen molar-refractivity contribution in [3.8, 4) is 0 Å². The number of sulfonamides is 1. The van der Waals surface area contributed by atoms with Gasteiger partial charge in [-0.3, -0.25) is 9.10 Å². The normalized spacial score (nSPS) is 14.8. The summed E-state index contributed by atoms with van der Waals surface area (Å²) >= 11 is 5.71. The molecule has 0 saturated carbocycles. The minimum atomic E-state index is -3.71. The summed E-state index contributed by atoms with van der Waals surface area (Å²) in [5.74, 6) is -1.06. The first kappa shape index (κ1) is 19.7. The van der Waals surface area contributed by atoms with Crippen LogP contribution in [0.3, 0.4) is 0 Å². The molecule has 0 atom stereocenters. The summed E-state index contributed by atoms with van der Waals surface area (Å²) in [7, 11) is -3.71. The Labute approximate surface area is 152 Å². The highest BCUT2D eigenvalue weighted by atomic mass is 35.5. The molecule has 0 saturated heterocycles. The number of carbonyl (C=O) groups excluding carboxylic acids is 1. The Morgan fingerprint density at radius 2 is 2.12 bits per heavy atom. The van der Waals surface area contributed by atoms with E-state index >= 15 is 0 Å². The van der Waals surface area contributed by atoms with E-state index in [-0.39, 0.29) is 17.3 Å². The summed E-state index contributed by atoms with van der Waals surface area (Å²) in [6, 6.07) is 3.55. The Morgan fingerprint density at radius 1 is 1.36 bits per heavy atom. The number of hydrogen-bond donors (Lipinski definition) is 1. The molecule has 138 valence electrons. The van der Waals surface area contributed by atoms with Crippen molar-refractivity contribution in [2.24, 2.45) is 0 Å². The third-order valence-corrected chi connectivity index (χ3v) is 5.46. The molecule has 2 rings (SSSR count). The van der Waals surface area contributed by atoms with Crippen LogP contribution in [0.15, 0.2) is 29.8 Å². The van der Waals surface area contributed by atoms with Crippen LogP contribution < -0.4 is 9.62 Å². The summed E-state index contributed by atoms with van der Waals surface area (Å²) in [6.07, 6.45) is 8.48. The molecule has 1 aliphatic rings. The molecule has 1 aromatic carbocycles. The lowest BCUT2D eigenvalue weighted by Crippen LogP contribution is -2.40. The van der Waals surface area contributed by atoms with E-state index in [1.54, 1.807) is 0 Å². The molecule has 25 heavy (non-hydrogen) atoms. The number of halogens is 2. The monoisotopic (exact) mass is 388 g/mol. The van der Waals surface area contributed by atoms with Crippen molar-refractivity contribution < 1.29 is 17.6 Å². The highest BCUT2D eigenvalue weighted by Crippen LogP contribution is 2.24. The van der Waals surface area contributed by atoms with Gasteiger partial charge in [0.1, 0.15) is 12.4 Å². The average molecular weight is 389 g/mol. The Kier molecular flexibility index (Phi) is 6.84. The molecule has 1 N–H and O–H groups in total. The lowest BCUT2D eigenvalue weighted by molar-refractivity contribution is -0.119. The number of rotatable bonds is 7. The van der Waals surface area contributed by atoms with Gasteiger partial charge in [-0.05, 0) is 50.3 Å². The van der Waals surface area contributed by atoms with Gasteiger partial charge < -0.3 is 5.32 Å². The summed E-state index contributed by atoms with van der Waals surface area (Å²) in [6.45, 7) is 0.0896. The Bertz CT molecular complexity index is 765. The van der Waals surface area contributed by atoms with Gasteiger partial charge >= 0.3 is 0 Å². The Balaban J connectivity index is 1.98. The largest absolute Gasteiger partial charge is 0.354 e. The fourth-order valence-electron chi connectivity index (χ4n) is 2.72. The van der Waals surface area contributed by atoms with Crippen LogP contribution in [0.4, 0.5) is 10.1 Å². The zero-order chi connectivity index (χ0) is 18.4. The number of anilines is 1. The minimum Gasteiger partial charge on any atom is -0.354 e. The Morgan fingerprint density at radius 3 is 2.72 bits per heavy atom. The van der Waals surface area contributed by atoms with Gasteiger partial charge in [-0.1, -0.05) is 23.3 Å². The van der Waals surface area contributed by atoms with E-state index in [0.717, 1.165) is 35.9 Å². The summed E-state index contributed by atoms with van der Waals surface area (Å²) in [5.41, 5.74) is 1.48. The van der Waals surface area contributed by atoms with E-state index in [9.17, 15) is 17.6 Å². The molecule has 0 bridgehead atoms. The maximum Gasteiger partial charge on any atom is 0.240 e. The molecular formula is C17H22ClFN2O3S. The van der Waals surface area contributed by atoms with E-state index in [4.69, 9.17) is 11.6 Å². The van der Waals surface area contributed by atoms with Gasteiger partial charge in [0.15, 0.2) is 0 Å². The number of hydrogen-bond acceptors (Lipinski definition) is 3. The van der Waals surface area contributed by atoms with Crippen molar-refractivity contribution in [2.45, 2.75) is 32.1 Å². The fourth-order valence-corrected chi connectivity index (χ4v) is 3.74. The fraction of sp³-hybridized carbons (Fsp3) is 0.471. The lowest BCUT2D eigenvalue weighted by Gasteiger charge is -2.22. The second kappa shape index (κ2) is 8.67. The van der Waals surface area contributed by atoms with Crippen LogP contribution in [0.2, 0.25) is 5.02 Å². The van der Waals surface area contributed by atoms with E-state index < -0.39 is 21.7 Å². The molecule has 0 heterocycles. The van der Waals surface area contributed by atoms with Crippen molar-refractivity contribution in [2.75, 3.05) is 23.7 Å². The van der Waals surface area contributed by atoms with Crippen LogP contribution in [-0.4, -0.2) is 33.7 Å². The van der Waals surface area contributed by atoms with E-state index in [1.807, 2.05) is 0 Å². The van der Waals surface area contributed by atoms with Gasteiger partial charge in [0.05, 0.1) is 17.0 Å². The summed E-state index contributed by atoms with van der Waals surface area (Å²) < 4.78 is 38.2. The molecule has 0 unspecified atom stereocenters. The van der Waals surface area contributed by atoms with Crippen LogP contribution in [0.5, 0.6) is 0 Å². The summed E-state index contributed by atoms with van der Waals surface area (Å²) in [4.78, 5) is 12.1. The standard InChI is InChI=1S/C17H22ClFN2O3S/c1-25(23,24)21(14-7-8-16(19)15(18)11-14)12-17(22)20-10-9-13-5-3-2-4-6-13/h5,7-8,11H,2-4,6,9-10,12H2,1H3,(H,20,22). The van der Waals surface area contributed by atoms with Crippen LogP contribution in [0.25, 0.3) is 0 Å². The Hall–Kier alpha value is -1.60. The SMILES string of the molecule is CS(=O)(=O)N(CC(=O)NCCC1=CCCCC1)c1ccc(F)c(Cl)c1. The zero-order valence-electron chi connectivity index (χ0n) is 14.1.